The first-order chi connectivity index (χ1) is 11.1. The smallest absolute Gasteiger partial charge is 0.338 e. The van der Waals surface area contributed by atoms with E-state index in [4.69, 9.17) is 21.8 Å². The Morgan fingerprint density at radius 3 is 2.61 bits per heavy atom. The van der Waals surface area contributed by atoms with Gasteiger partial charge in [0.2, 0.25) is 0 Å². The van der Waals surface area contributed by atoms with Crippen LogP contribution in [0, 0.1) is 4.64 Å². The van der Waals surface area contributed by atoms with Crippen LogP contribution in [0.3, 0.4) is 0 Å². The van der Waals surface area contributed by atoms with Crippen LogP contribution in [0.25, 0.3) is 0 Å². The number of hydrogen-bond acceptors (Lipinski definition) is 4. The Morgan fingerprint density at radius 1 is 1.26 bits per heavy atom. The van der Waals surface area contributed by atoms with Crippen LogP contribution in [0.4, 0.5) is 0 Å². The summed E-state index contributed by atoms with van der Waals surface area (Å²) < 4.78 is 7.61. The van der Waals surface area contributed by atoms with Crippen LogP contribution in [-0.4, -0.2) is 22.9 Å². The highest BCUT2D eigenvalue weighted by Crippen LogP contribution is 2.12. The topological polar surface area (TPSA) is 40.5 Å². The summed E-state index contributed by atoms with van der Waals surface area (Å²) in [6.45, 7) is 5.55. The molecule has 0 saturated carbocycles. The van der Waals surface area contributed by atoms with E-state index in [0.29, 0.717) is 16.6 Å². The van der Waals surface area contributed by atoms with Crippen LogP contribution in [0.2, 0.25) is 0 Å². The van der Waals surface area contributed by atoms with E-state index in [9.17, 15) is 4.79 Å². The van der Waals surface area contributed by atoms with Crippen molar-refractivity contribution in [2.45, 2.75) is 25.6 Å². The van der Waals surface area contributed by atoms with Crippen LogP contribution in [0.1, 0.15) is 23.7 Å². The van der Waals surface area contributed by atoms with Crippen molar-refractivity contribution in [3.05, 3.63) is 77.6 Å². The number of carbonyl (C=O) groups excluding carboxylic acids is 1. The van der Waals surface area contributed by atoms with Gasteiger partial charge in [-0.15, -0.1) is 6.58 Å². The highest BCUT2D eigenvalue weighted by atomic mass is 32.1. The molecule has 1 aromatic carbocycles. The first kappa shape index (κ1) is 17.0. The molecule has 0 fully saturated rings. The third-order valence-electron chi connectivity index (χ3n) is 3.26. The lowest BCUT2D eigenvalue weighted by Crippen LogP contribution is -2.37. The van der Waals surface area contributed by atoms with E-state index in [2.05, 4.69) is 6.58 Å². The van der Waals surface area contributed by atoms with Crippen molar-refractivity contribution in [1.82, 2.24) is 4.73 Å². The zero-order chi connectivity index (χ0) is 16.7. The number of carbonyl (C=O) groups is 1. The van der Waals surface area contributed by atoms with Gasteiger partial charge < -0.3 is 9.57 Å². The van der Waals surface area contributed by atoms with Crippen LogP contribution in [0.15, 0.2) is 67.4 Å². The molecular weight excluding hydrogens is 310 g/mol. The fourth-order valence-corrected chi connectivity index (χ4v) is 2.21. The van der Waals surface area contributed by atoms with Crippen molar-refractivity contribution >= 4 is 18.2 Å². The molecule has 0 N–H and O–H groups in total. The molecule has 0 aliphatic heterocycles. The Kier molecular flexibility index (Phi) is 6.11. The van der Waals surface area contributed by atoms with Gasteiger partial charge in [-0.2, -0.15) is 4.73 Å². The summed E-state index contributed by atoms with van der Waals surface area (Å²) in [4.78, 5) is 18.0. The molecule has 0 radical (unpaired) electrons. The second kappa shape index (κ2) is 8.29. The number of pyridine rings is 1. The van der Waals surface area contributed by atoms with E-state index in [1.54, 1.807) is 42.6 Å². The number of hydrogen-bond donors (Lipinski definition) is 0. The number of aromatic nitrogens is 1. The van der Waals surface area contributed by atoms with Crippen molar-refractivity contribution < 1.29 is 14.4 Å². The minimum absolute atomic E-state index is 0.380. The minimum Gasteiger partial charge on any atom is -0.454 e. The van der Waals surface area contributed by atoms with Gasteiger partial charge in [0.15, 0.2) is 6.10 Å². The first-order valence-corrected chi connectivity index (χ1v) is 7.74. The van der Waals surface area contributed by atoms with Gasteiger partial charge in [0.05, 0.1) is 5.56 Å². The Balaban J connectivity index is 2.08. The van der Waals surface area contributed by atoms with Crippen molar-refractivity contribution in [2.75, 3.05) is 0 Å². The third kappa shape index (κ3) is 4.79. The van der Waals surface area contributed by atoms with Gasteiger partial charge in [-0.1, -0.05) is 42.6 Å². The molecule has 1 aromatic heterocycles. The highest BCUT2D eigenvalue weighted by molar-refractivity contribution is 7.71. The number of ether oxygens (including phenoxy) is 1. The van der Waals surface area contributed by atoms with Gasteiger partial charge in [0.1, 0.15) is 10.7 Å². The SMILES string of the molecule is C=CC[C@H](OC(=O)c1ccccc1)[C@@H](C)On1ccccc1=S. The molecule has 120 valence electrons. The molecule has 0 unspecified atom stereocenters. The summed E-state index contributed by atoms with van der Waals surface area (Å²) in [6.07, 6.45) is 3.08. The Bertz CT molecular complexity index is 711. The molecule has 0 bridgehead atoms. The van der Waals surface area contributed by atoms with Crippen LogP contribution in [0.5, 0.6) is 0 Å². The lowest BCUT2D eigenvalue weighted by atomic mass is 10.1. The normalized spacial score (nSPS) is 12.9. The molecular formula is C18H19NO3S. The number of esters is 1. The molecule has 0 spiro atoms. The summed E-state index contributed by atoms with van der Waals surface area (Å²) in [5, 5.41) is 0. The summed E-state index contributed by atoms with van der Waals surface area (Å²) in [5.41, 5.74) is 0.505. The molecule has 0 aliphatic carbocycles. The maximum atomic E-state index is 12.2. The molecule has 23 heavy (non-hydrogen) atoms. The van der Waals surface area contributed by atoms with E-state index >= 15 is 0 Å². The van der Waals surface area contributed by atoms with Gasteiger partial charge in [-0.25, -0.2) is 4.79 Å². The molecule has 4 nitrogen and oxygen atoms in total. The van der Waals surface area contributed by atoms with E-state index in [1.165, 1.54) is 4.73 Å². The summed E-state index contributed by atoms with van der Waals surface area (Å²) >= 11 is 5.20. The summed E-state index contributed by atoms with van der Waals surface area (Å²) in [5.74, 6) is -0.385. The lowest BCUT2D eigenvalue weighted by molar-refractivity contribution is -0.0501. The zero-order valence-corrected chi connectivity index (χ0v) is 13.7. The standard InChI is InChI=1S/C18H19NO3S/c1-3-9-16(21-18(20)15-10-5-4-6-11-15)14(2)22-19-13-8-7-12-17(19)23/h3-8,10-14,16H,1,9H2,2H3/t14-,16+/m1/s1. The quantitative estimate of drug-likeness (QED) is 0.440. The maximum absolute atomic E-state index is 12.2. The fraction of sp³-hybridized carbons (Fsp3) is 0.222. The van der Waals surface area contributed by atoms with E-state index in [0.717, 1.165) is 0 Å². The maximum Gasteiger partial charge on any atom is 0.338 e. The average Bonchev–Trinajstić information content (AvgIpc) is 2.57. The predicted molar refractivity (Wildman–Crippen MR) is 91.8 cm³/mol. The third-order valence-corrected chi connectivity index (χ3v) is 3.57. The largest absolute Gasteiger partial charge is 0.454 e. The number of benzene rings is 1. The molecule has 0 amide bonds. The highest BCUT2D eigenvalue weighted by Gasteiger charge is 2.23. The molecule has 2 aromatic rings. The van der Waals surface area contributed by atoms with Gasteiger partial charge in [0.25, 0.3) is 0 Å². The minimum atomic E-state index is -0.456. The summed E-state index contributed by atoms with van der Waals surface area (Å²) in [7, 11) is 0. The fourth-order valence-electron chi connectivity index (χ4n) is 2.03. The first-order valence-electron chi connectivity index (χ1n) is 7.33. The molecule has 0 saturated heterocycles. The van der Waals surface area contributed by atoms with Crippen LogP contribution in [-0.2, 0) is 4.74 Å². The average molecular weight is 329 g/mol. The van der Waals surface area contributed by atoms with E-state index in [-0.39, 0.29) is 12.1 Å². The monoisotopic (exact) mass is 329 g/mol. The van der Waals surface area contributed by atoms with Crippen LogP contribution >= 0.6 is 12.2 Å². The van der Waals surface area contributed by atoms with Crippen molar-refractivity contribution in [2.24, 2.45) is 0 Å². The molecule has 1 heterocycles. The molecule has 0 aliphatic rings. The molecule has 2 atom stereocenters. The number of rotatable bonds is 7. The second-order valence-electron chi connectivity index (χ2n) is 5.01. The Morgan fingerprint density at radius 2 is 1.96 bits per heavy atom. The second-order valence-corrected chi connectivity index (χ2v) is 5.43. The van der Waals surface area contributed by atoms with Gasteiger partial charge >= 0.3 is 5.97 Å². The molecule has 5 heteroatoms. The molecule has 2 rings (SSSR count). The van der Waals surface area contributed by atoms with E-state index in [1.807, 2.05) is 25.1 Å². The van der Waals surface area contributed by atoms with Gasteiger partial charge in [-0.3, -0.25) is 0 Å². The van der Waals surface area contributed by atoms with Crippen molar-refractivity contribution in [1.29, 1.82) is 0 Å². The Labute approximate surface area is 140 Å². The van der Waals surface area contributed by atoms with Crippen molar-refractivity contribution in [3.63, 3.8) is 0 Å². The number of nitrogens with zero attached hydrogens (tertiary/aromatic N) is 1. The van der Waals surface area contributed by atoms with Gasteiger partial charge in [0, 0.05) is 12.6 Å². The van der Waals surface area contributed by atoms with Crippen molar-refractivity contribution in [3.8, 4) is 0 Å². The van der Waals surface area contributed by atoms with E-state index < -0.39 is 6.10 Å². The predicted octanol–water partition coefficient (Wildman–Crippen LogP) is 3.84. The Hall–Kier alpha value is -2.40. The summed E-state index contributed by atoms with van der Waals surface area (Å²) in [6, 6.07) is 14.3. The van der Waals surface area contributed by atoms with Crippen LogP contribution < -0.4 is 4.84 Å². The van der Waals surface area contributed by atoms with Gasteiger partial charge in [-0.05, 0) is 31.2 Å². The lowest BCUT2D eigenvalue weighted by Gasteiger charge is -2.24. The zero-order valence-electron chi connectivity index (χ0n) is 12.9.